The van der Waals surface area contributed by atoms with Gasteiger partial charge in [0.25, 0.3) is 0 Å². The number of nitrogens with one attached hydrogen (secondary N) is 1. The van der Waals surface area contributed by atoms with E-state index in [-0.39, 0.29) is 13.3 Å². The Balaban J connectivity index is 2.66. The van der Waals surface area contributed by atoms with Crippen LogP contribution in [0.15, 0.2) is 23.1 Å². The van der Waals surface area contributed by atoms with Crippen molar-refractivity contribution in [2.45, 2.75) is 4.90 Å². The lowest BCUT2D eigenvalue weighted by molar-refractivity contribution is 0.0687. The number of benzene rings is 1. The molecule has 0 aliphatic heterocycles. The molecular weight excluding hydrogens is 268 g/mol. The maximum atomic E-state index is 13.2. The van der Waals surface area contributed by atoms with Gasteiger partial charge in [0.1, 0.15) is 23.3 Å². The summed E-state index contributed by atoms with van der Waals surface area (Å²) >= 11 is 0. The summed E-state index contributed by atoms with van der Waals surface area (Å²) in [5, 5.41) is 0. The van der Waals surface area contributed by atoms with E-state index in [1.54, 1.807) is 0 Å². The van der Waals surface area contributed by atoms with Gasteiger partial charge < -0.3 is 9.47 Å². The fraction of sp³-hybridized carbons (Fsp3) is 0.400. The maximum absolute atomic E-state index is 13.2. The molecule has 18 heavy (non-hydrogen) atoms. The van der Waals surface area contributed by atoms with Crippen LogP contribution in [0.5, 0.6) is 0 Å². The summed E-state index contributed by atoms with van der Waals surface area (Å²) in [4.78, 5) is -0.752. The van der Waals surface area contributed by atoms with E-state index in [0.29, 0.717) is 12.7 Å². The molecule has 0 aliphatic rings. The van der Waals surface area contributed by atoms with E-state index >= 15 is 0 Å². The molecule has 0 radical (unpaired) electrons. The van der Waals surface area contributed by atoms with E-state index in [1.807, 2.05) is 4.72 Å². The molecule has 1 rings (SSSR count). The van der Waals surface area contributed by atoms with Gasteiger partial charge in [-0.05, 0) is 18.2 Å². The molecule has 0 amide bonds. The number of hydrogen-bond donors (Lipinski definition) is 1. The van der Waals surface area contributed by atoms with Crippen LogP contribution in [0.1, 0.15) is 0 Å². The van der Waals surface area contributed by atoms with Gasteiger partial charge >= 0.3 is 0 Å². The predicted molar refractivity (Wildman–Crippen MR) is 59.4 cm³/mol. The van der Waals surface area contributed by atoms with Crippen molar-refractivity contribution in [1.29, 1.82) is 0 Å². The van der Waals surface area contributed by atoms with Crippen LogP contribution in [0, 0.1) is 11.6 Å². The largest absolute Gasteiger partial charge is 0.382 e. The highest BCUT2D eigenvalue weighted by molar-refractivity contribution is 7.89. The van der Waals surface area contributed by atoms with Crippen LogP contribution in [-0.2, 0) is 19.5 Å². The van der Waals surface area contributed by atoms with Crippen LogP contribution in [0.4, 0.5) is 8.78 Å². The van der Waals surface area contributed by atoms with Crippen LogP contribution < -0.4 is 4.72 Å². The zero-order valence-corrected chi connectivity index (χ0v) is 10.5. The molecule has 1 N–H and O–H groups in total. The number of sulfonamides is 1. The average molecular weight is 281 g/mol. The van der Waals surface area contributed by atoms with Crippen molar-refractivity contribution in [3.63, 3.8) is 0 Å². The highest BCUT2D eigenvalue weighted by atomic mass is 32.2. The Morgan fingerprint density at radius 3 is 2.67 bits per heavy atom. The summed E-state index contributed by atoms with van der Waals surface area (Å²) in [6, 6.07) is 2.19. The van der Waals surface area contributed by atoms with Crippen molar-refractivity contribution in [3.8, 4) is 0 Å². The van der Waals surface area contributed by atoms with Gasteiger partial charge in [0, 0.05) is 7.11 Å². The van der Waals surface area contributed by atoms with Gasteiger partial charge in [-0.3, -0.25) is 0 Å². The lowest BCUT2D eigenvalue weighted by atomic mass is 10.3. The van der Waals surface area contributed by atoms with Gasteiger partial charge in [0.2, 0.25) is 10.0 Å². The van der Waals surface area contributed by atoms with E-state index < -0.39 is 26.6 Å². The van der Waals surface area contributed by atoms with E-state index in [9.17, 15) is 17.2 Å². The Morgan fingerprint density at radius 2 is 2.00 bits per heavy atom. The first kappa shape index (κ1) is 15.0. The molecule has 0 atom stereocenters. The quantitative estimate of drug-likeness (QED) is 0.595. The lowest BCUT2D eigenvalue weighted by Crippen LogP contribution is -2.28. The minimum atomic E-state index is -4.13. The first-order valence-electron chi connectivity index (χ1n) is 4.99. The van der Waals surface area contributed by atoms with Crippen molar-refractivity contribution in [3.05, 3.63) is 29.8 Å². The van der Waals surface area contributed by atoms with Crippen LogP contribution in [0.3, 0.4) is 0 Å². The second-order valence-electron chi connectivity index (χ2n) is 3.27. The first-order chi connectivity index (χ1) is 8.47. The Hall–Kier alpha value is -1.09. The smallest absolute Gasteiger partial charge is 0.245 e. The van der Waals surface area contributed by atoms with Crippen LogP contribution in [0.25, 0.3) is 0 Å². The monoisotopic (exact) mass is 281 g/mol. The lowest BCUT2D eigenvalue weighted by Gasteiger charge is -2.08. The van der Waals surface area contributed by atoms with Gasteiger partial charge in [-0.2, -0.15) is 4.72 Å². The number of ether oxygens (including phenoxy) is 2. The summed E-state index contributed by atoms with van der Waals surface area (Å²) in [5.41, 5.74) is 0. The molecule has 0 aromatic heterocycles. The summed E-state index contributed by atoms with van der Waals surface area (Å²) in [7, 11) is -2.66. The Morgan fingerprint density at radius 1 is 1.28 bits per heavy atom. The minimum absolute atomic E-state index is 0.185. The molecule has 0 bridgehead atoms. The minimum Gasteiger partial charge on any atom is -0.382 e. The molecule has 0 heterocycles. The van der Waals surface area contributed by atoms with Gasteiger partial charge in [-0.25, -0.2) is 17.2 Å². The number of hydrogen-bond acceptors (Lipinski definition) is 4. The standard InChI is InChI=1S/C10H13F2NO4S/c1-16-4-5-17-7-13-18(14,15)10-6-8(11)2-3-9(10)12/h2-3,6,13H,4-5,7H2,1H3. The van der Waals surface area contributed by atoms with Gasteiger partial charge in [-0.1, -0.05) is 0 Å². The van der Waals surface area contributed by atoms with E-state index in [1.165, 1.54) is 7.11 Å². The molecule has 1 aromatic carbocycles. The second-order valence-corrected chi connectivity index (χ2v) is 5.00. The SMILES string of the molecule is COCCOCNS(=O)(=O)c1cc(F)ccc1F. The number of halogens is 2. The van der Waals surface area contributed by atoms with E-state index in [2.05, 4.69) is 4.74 Å². The molecular formula is C10H13F2NO4S. The third-order valence-corrected chi connectivity index (χ3v) is 3.36. The zero-order chi connectivity index (χ0) is 13.6. The highest BCUT2D eigenvalue weighted by Gasteiger charge is 2.19. The summed E-state index contributed by atoms with van der Waals surface area (Å²) < 4.78 is 60.9. The van der Waals surface area contributed by atoms with Gasteiger partial charge in [0.15, 0.2) is 0 Å². The van der Waals surface area contributed by atoms with Crippen molar-refractivity contribution >= 4 is 10.0 Å². The number of methoxy groups -OCH3 is 1. The van der Waals surface area contributed by atoms with E-state index in [0.717, 1.165) is 12.1 Å². The van der Waals surface area contributed by atoms with Crippen LogP contribution in [-0.4, -0.2) is 35.5 Å². The van der Waals surface area contributed by atoms with Crippen LogP contribution in [0.2, 0.25) is 0 Å². The summed E-state index contributed by atoms with van der Waals surface area (Å²) in [6.45, 7) is 0.141. The zero-order valence-electron chi connectivity index (χ0n) is 9.65. The molecule has 0 fully saturated rings. The normalized spacial score (nSPS) is 11.7. The van der Waals surface area contributed by atoms with Crippen molar-refractivity contribution in [2.24, 2.45) is 0 Å². The molecule has 1 aromatic rings. The predicted octanol–water partition coefficient (Wildman–Crippen LogP) is 0.864. The van der Waals surface area contributed by atoms with Crippen molar-refractivity contribution in [2.75, 3.05) is 27.1 Å². The topological polar surface area (TPSA) is 64.6 Å². The molecule has 0 aliphatic carbocycles. The highest BCUT2D eigenvalue weighted by Crippen LogP contribution is 2.15. The molecule has 5 nitrogen and oxygen atoms in total. The molecule has 0 saturated heterocycles. The van der Waals surface area contributed by atoms with Gasteiger partial charge in [0.05, 0.1) is 13.2 Å². The summed E-state index contributed by atoms with van der Waals surface area (Å²) in [5.74, 6) is -1.86. The Kier molecular flexibility index (Phi) is 5.60. The Bertz CT molecular complexity index is 493. The third-order valence-electron chi connectivity index (χ3n) is 1.97. The van der Waals surface area contributed by atoms with Crippen molar-refractivity contribution in [1.82, 2.24) is 4.72 Å². The summed E-state index contributed by atoms with van der Waals surface area (Å²) in [6.07, 6.45) is 0. The maximum Gasteiger partial charge on any atom is 0.245 e. The van der Waals surface area contributed by atoms with Crippen LogP contribution >= 0.6 is 0 Å². The van der Waals surface area contributed by atoms with E-state index in [4.69, 9.17) is 4.74 Å². The first-order valence-corrected chi connectivity index (χ1v) is 6.47. The molecule has 0 spiro atoms. The third kappa shape index (κ3) is 4.30. The fourth-order valence-corrected chi connectivity index (χ4v) is 2.08. The molecule has 0 saturated carbocycles. The average Bonchev–Trinajstić information content (AvgIpc) is 2.32. The van der Waals surface area contributed by atoms with Gasteiger partial charge in [-0.15, -0.1) is 0 Å². The fourth-order valence-electron chi connectivity index (χ4n) is 1.09. The second kappa shape index (κ2) is 6.74. The Labute approximate surface area is 104 Å². The van der Waals surface area contributed by atoms with Crippen molar-refractivity contribution < 1.29 is 26.7 Å². The molecule has 8 heteroatoms. The molecule has 0 unspecified atom stereocenters. The molecule has 102 valence electrons. The number of rotatable bonds is 7.